The molecule has 0 spiro atoms. The van der Waals surface area contributed by atoms with Crippen LogP contribution in [0.15, 0.2) is 24.4 Å². The molecule has 5 nitrogen and oxygen atoms in total. The fraction of sp³-hybridized carbons (Fsp3) is 0.759. The Morgan fingerprint density at radius 3 is 2.24 bits per heavy atom. The predicted molar refractivity (Wildman–Crippen MR) is 137 cm³/mol. The minimum Gasteiger partial charge on any atom is -0.379 e. The van der Waals surface area contributed by atoms with Gasteiger partial charge in [0.05, 0.1) is 12.0 Å². The number of carbonyl (C=O) groups excluding carboxylic acids is 3. The van der Waals surface area contributed by atoms with Crippen molar-refractivity contribution in [3.05, 3.63) is 24.4 Å². The Labute approximate surface area is 206 Å². The van der Waals surface area contributed by atoms with Crippen molar-refractivity contribution in [2.24, 2.45) is 40.4 Å². The van der Waals surface area contributed by atoms with Crippen molar-refractivity contribution in [2.75, 3.05) is 6.54 Å². The second-order valence-electron chi connectivity index (χ2n) is 13.0. The van der Waals surface area contributed by atoms with Crippen molar-refractivity contribution >= 4 is 17.5 Å². The van der Waals surface area contributed by atoms with Crippen LogP contribution >= 0.6 is 0 Å². The molecule has 5 heteroatoms. The molecule has 0 radical (unpaired) electrons. The smallest absolute Gasteiger partial charge is 0.224 e. The van der Waals surface area contributed by atoms with Gasteiger partial charge >= 0.3 is 0 Å². The second kappa shape index (κ2) is 9.99. The number of carbonyl (C=O) groups is 3. The Morgan fingerprint density at radius 2 is 1.68 bits per heavy atom. The van der Waals surface area contributed by atoms with Gasteiger partial charge in [-0.1, -0.05) is 67.0 Å². The molecule has 0 aromatic carbocycles. The number of nitrogens with one attached hydrogen (secondary N) is 2. The largest absolute Gasteiger partial charge is 0.379 e. The van der Waals surface area contributed by atoms with Gasteiger partial charge in [0.25, 0.3) is 0 Å². The normalized spacial score (nSPS) is 29.0. The van der Waals surface area contributed by atoms with E-state index in [-0.39, 0.29) is 58.6 Å². The maximum absolute atomic E-state index is 14.1. The van der Waals surface area contributed by atoms with E-state index in [2.05, 4.69) is 58.4 Å². The Kier molecular flexibility index (Phi) is 7.84. The van der Waals surface area contributed by atoms with Crippen LogP contribution in [0.25, 0.3) is 0 Å². The zero-order valence-electron chi connectivity index (χ0n) is 22.3. The zero-order chi connectivity index (χ0) is 25.4. The Hall–Kier alpha value is -1.91. The fourth-order valence-corrected chi connectivity index (χ4v) is 6.73. The minimum absolute atomic E-state index is 0.0833. The number of allylic oxidation sites excluding steroid dienone is 1. The highest BCUT2D eigenvalue weighted by molar-refractivity contribution is 5.96. The van der Waals surface area contributed by atoms with Crippen LogP contribution in [0.3, 0.4) is 0 Å². The fourth-order valence-electron chi connectivity index (χ4n) is 6.73. The molecular weight excluding hydrogens is 424 g/mol. The summed E-state index contributed by atoms with van der Waals surface area (Å²) >= 11 is 0. The van der Waals surface area contributed by atoms with Crippen LogP contribution in [0.5, 0.6) is 0 Å². The molecule has 190 valence electrons. The summed E-state index contributed by atoms with van der Waals surface area (Å²) in [6.45, 7) is 20.6. The first-order valence-electron chi connectivity index (χ1n) is 13.2. The lowest BCUT2D eigenvalue weighted by atomic mass is 9.74. The van der Waals surface area contributed by atoms with Crippen molar-refractivity contribution in [1.29, 1.82) is 0 Å². The molecule has 0 bridgehead atoms. The van der Waals surface area contributed by atoms with E-state index < -0.39 is 0 Å². The van der Waals surface area contributed by atoms with Crippen LogP contribution in [-0.4, -0.2) is 30.1 Å². The van der Waals surface area contributed by atoms with Crippen molar-refractivity contribution in [3.8, 4) is 0 Å². The molecule has 3 aliphatic carbocycles. The molecular formula is C29H46N2O3. The summed E-state index contributed by atoms with van der Waals surface area (Å²) in [6, 6.07) is -0.275. The third-order valence-electron chi connectivity index (χ3n) is 8.64. The maximum Gasteiger partial charge on any atom is 0.224 e. The molecule has 3 fully saturated rings. The van der Waals surface area contributed by atoms with Crippen molar-refractivity contribution in [3.63, 3.8) is 0 Å². The average Bonchev–Trinajstić information content (AvgIpc) is 3.09. The molecule has 0 heterocycles. The Bertz CT molecular complexity index is 844. The number of hydrogen-bond donors (Lipinski definition) is 2. The lowest BCUT2D eigenvalue weighted by Crippen LogP contribution is -2.49. The number of hydrogen-bond acceptors (Lipinski definition) is 4. The third-order valence-corrected chi connectivity index (χ3v) is 8.64. The van der Waals surface area contributed by atoms with E-state index in [9.17, 15) is 14.4 Å². The van der Waals surface area contributed by atoms with Crippen molar-refractivity contribution in [1.82, 2.24) is 10.6 Å². The molecule has 3 rings (SSSR count). The monoisotopic (exact) mass is 470 g/mol. The van der Waals surface area contributed by atoms with E-state index in [4.69, 9.17) is 0 Å². The van der Waals surface area contributed by atoms with Crippen LogP contribution in [0, 0.1) is 40.4 Å². The van der Waals surface area contributed by atoms with Crippen LogP contribution in [0.2, 0.25) is 0 Å². The Morgan fingerprint density at radius 1 is 1.06 bits per heavy atom. The first-order valence-corrected chi connectivity index (χ1v) is 13.2. The molecule has 3 saturated carbocycles. The minimum atomic E-state index is -0.337. The number of ketones is 2. The lowest BCUT2D eigenvalue weighted by Gasteiger charge is -2.36. The molecule has 0 aromatic rings. The van der Waals surface area contributed by atoms with Crippen LogP contribution in [-0.2, 0) is 14.4 Å². The highest BCUT2D eigenvalue weighted by Crippen LogP contribution is 2.70. The number of amides is 1. The van der Waals surface area contributed by atoms with E-state index in [0.29, 0.717) is 17.4 Å². The average molecular weight is 471 g/mol. The predicted octanol–water partition coefficient (Wildman–Crippen LogP) is 5.21. The summed E-state index contributed by atoms with van der Waals surface area (Å²) in [6.07, 6.45) is 7.22. The van der Waals surface area contributed by atoms with Gasteiger partial charge in [0.2, 0.25) is 5.91 Å². The van der Waals surface area contributed by atoms with Gasteiger partial charge in [-0.15, -0.1) is 0 Å². The summed E-state index contributed by atoms with van der Waals surface area (Å²) in [5, 5.41) is 6.49. The molecule has 5 atom stereocenters. The van der Waals surface area contributed by atoms with Gasteiger partial charge in [0.1, 0.15) is 0 Å². The molecule has 3 aliphatic rings. The second-order valence-corrected chi connectivity index (χ2v) is 13.0. The molecule has 34 heavy (non-hydrogen) atoms. The summed E-state index contributed by atoms with van der Waals surface area (Å²) in [7, 11) is 0. The molecule has 2 N–H and O–H groups in total. The highest BCUT2D eigenvalue weighted by Gasteiger charge is 2.70. The van der Waals surface area contributed by atoms with E-state index >= 15 is 0 Å². The Balaban J connectivity index is 1.80. The van der Waals surface area contributed by atoms with Crippen molar-refractivity contribution in [2.45, 2.75) is 92.5 Å². The standard InChI is InChI=1S/C29H46N2O3/c1-17(19(3)32)16-30-27(34)23-21(14-22-24(23)29(22,7)8)26(33)25(20-12-10-9-11-13-20)31-18(2)15-28(4,5)6/h20-25,31H,1-2,9-16H2,3-8H3,(H,30,34). The van der Waals surface area contributed by atoms with Gasteiger partial charge in [-0.2, -0.15) is 0 Å². The van der Waals surface area contributed by atoms with Crippen LogP contribution in [0.1, 0.15) is 86.5 Å². The summed E-state index contributed by atoms with van der Waals surface area (Å²) < 4.78 is 0. The lowest BCUT2D eigenvalue weighted by molar-refractivity contribution is -0.136. The van der Waals surface area contributed by atoms with E-state index in [0.717, 1.165) is 44.2 Å². The molecule has 0 aliphatic heterocycles. The quantitative estimate of drug-likeness (QED) is 0.430. The summed E-state index contributed by atoms with van der Waals surface area (Å²) in [4.78, 5) is 39.1. The SMILES string of the molecule is C=C(CC(C)(C)C)NC(C(=O)C1CC2C(C1C(=O)NCC(=C)C(C)=O)C2(C)C)C1CCCCC1. The molecule has 0 saturated heterocycles. The summed E-state index contributed by atoms with van der Waals surface area (Å²) in [5.41, 5.74) is 1.48. The zero-order valence-corrected chi connectivity index (χ0v) is 22.3. The molecule has 5 unspecified atom stereocenters. The van der Waals surface area contributed by atoms with Crippen LogP contribution in [0.4, 0.5) is 0 Å². The van der Waals surface area contributed by atoms with Gasteiger partial charge in [-0.25, -0.2) is 0 Å². The topological polar surface area (TPSA) is 75.3 Å². The number of Topliss-reactive ketones (excluding diaryl/α,β-unsaturated/α-hetero) is 2. The summed E-state index contributed by atoms with van der Waals surface area (Å²) in [5.74, 6) is 0.263. The maximum atomic E-state index is 14.1. The van der Waals surface area contributed by atoms with Crippen molar-refractivity contribution < 1.29 is 14.4 Å². The third kappa shape index (κ3) is 5.83. The first-order chi connectivity index (χ1) is 15.7. The molecule has 0 aromatic heterocycles. The van der Waals surface area contributed by atoms with E-state index in [1.54, 1.807) is 0 Å². The van der Waals surface area contributed by atoms with Gasteiger partial charge in [-0.05, 0) is 61.2 Å². The number of fused-ring (bicyclic) bond motifs is 1. The molecule has 1 amide bonds. The van der Waals surface area contributed by atoms with Crippen LogP contribution < -0.4 is 10.6 Å². The van der Waals surface area contributed by atoms with Gasteiger partial charge < -0.3 is 10.6 Å². The van der Waals surface area contributed by atoms with E-state index in [1.165, 1.54) is 13.3 Å². The van der Waals surface area contributed by atoms with Gasteiger partial charge in [-0.3, -0.25) is 14.4 Å². The highest BCUT2D eigenvalue weighted by atomic mass is 16.2. The van der Waals surface area contributed by atoms with Gasteiger partial charge in [0.15, 0.2) is 11.6 Å². The van der Waals surface area contributed by atoms with E-state index in [1.807, 2.05) is 0 Å². The number of rotatable bonds is 10. The first kappa shape index (κ1) is 26.7. The van der Waals surface area contributed by atoms with Gasteiger partial charge in [0, 0.05) is 23.7 Å².